The van der Waals surface area contributed by atoms with E-state index < -0.39 is 16.0 Å². The normalized spacial score (nSPS) is 17.1. The highest BCUT2D eigenvalue weighted by Crippen LogP contribution is 2.38. The number of anilines is 1. The highest BCUT2D eigenvalue weighted by molar-refractivity contribution is 7.89. The maximum Gasteiger partial charge on any atom is 0.341 e. The van der Waals surface area contributed by atoms with Gasteiger partial charge in [-0.2, -0.15) is 4.31 Å². The zero-order chi connectivity index (χ0) is 25.0. The predicted octanol–water partition coefficient (Wildman–Crippen LogP) is 4.12. The largest absolute Gasteiger partial charge is 0.462 e. The second kappa shape index (κ2) is 11.2. The molecule has 0 bridgehead atoms. The molecule has 1 aromatic heterocycles. The van der Waals surface area contributed by atoms with Crippen molar-refractivity contribution in [3.63, 3.8) is 0 Å². The number of esters is 1. The number of ether oxygens (including phenoxy) is 1. The molecular weight excluding hydrogens is 486 g/mol. The average molecular weight is 520 g/mol. The second-order valence-electron chi connectivity index (χ2n) is 8.90. The lowest BCUT2D eigenvalue weighted by Gasteiger charge is -2.26. The molecule has 8 nitrogen and oxygen atoms in total. The van der Waals surface area contributed by atoms with E-state index in [0.717, 1.165) is 62.2 Å². The van der Waals surface area contributed by atoms with Crippen LogP contribution in [-0.2, 0) is 27.7 Å². The molecule has 190 valence electrons. The molecular formula is C25H33N3O5S2. The number of thiophene rings is 1. The molecule has 1 aromatic carbocycles. The summed E-state index contributed by atoms with van der Waals surface area (Å²) >= 11 is 1.42. The Labute approximate surface area is 211 Å². The number of hydrogen-bond acceptors (Lipinski definition) is 7. The fourth-order valence-corrected chi connectivity index (χ4v) is 7.47. The highest BCUT2D eigenvalue weighted by Gasteiger charge is 2.30. The number of rotatable bonds is 8. The van der Waals surface area contributed by atoms with Gasteiger partial charge in [-0.1, -0.05) is 13.3 Å². The van der Waals surface area contributed by atoms with Crippen molar-refractivity contribution < 1.29 is 22.7 Å². The van der Waals surface area contributed by atoms with E-state index in [0.29, 0.717) is 29.2 Å². The summed E-state index contributed by atoms with van der Waals surface area (Å²) in [6.45, 7) is 7.82. The van der Waals surface area contributed by atoms with E-state index in [1.165, 1.54) is 39.9 Å². The van der Waals surface area contributed by atoms with Gasteiger partial charge in [0.25, 0.3) is 5.91 Å². The van der Waals surface area contributed by atoms with Crippen LogP contribution in [0.25, 0.3) is 0 Å². The van der Waals surface area contributed by atoms with Crippen LogP contribution >= 0.6 is 11.3 Å². The van der Waals surface area contributed by atoms with Gasteiger partial charge in [0.1, 0.15) is 5.00 Å². The zero-order valence-electron chi connectivity index (χ0n) is 20.3. The summed E-state index contributed by atoms with van der Waals surface area (Å²) in [5.74, 6) is -0.811. The van der Waals surface area contributed by atoms with Crippen LogP contribution in [0, 0.1) is 0 Å². The van der Waals surface area contributed by atoms with Gasteiger partial charge in [-0.05, 0) is 69.0 Å². The number of carbonyl (C=O) groups is 2. The molecule has 1 amide bonds. The van der Waals surface area contributed by atoms with Crippen LogP contribution in [0.4, 0.5) is 5.00 Å². The Hall–Kier alpha value is -2.27. The summed E-state index contributed by atoms with van der Waals surface area (Å²) in [5.41, 5.74) is 1.73. The number of carbonyl (C=O) groups excluding carboxylic acids is 2. The van der Waals surface area contributed by atoms with Crippen LogP contribution in [0.3, 0.4) is 0 Å². The maximum absolute atomic E-state index is 13.1. The lowest BCUT2D eigenvalue weighted by Crippen LogP contribution is -2.35. The van der Waals surface area contributed by atoms with Crippen molar-refractivity contribution in [3.05, 3.63) is 45.8 Å². The van der Waals surface area contributed by atoms with E-state index in [2.05, 4.69) is 17.1 Å². The molecule has 10 heteroatoms. The third kappa shape index (κ3) is 5.61. The average Bonchev–Trinajstić information content (AvgIpc) is 3.22. The van der Waals surface area contributed by atoms with Gasteiger partial charge in [0, 0.05) is 36.6 Å². The molecule has 1 saturated heterocycles. The Morgan fingerprint density at radius 3 is 2.43 bits per heavy atom. The van der Waals surface area contributed by atoms with Crippen molar-refractivity contribution in [2.24, 2.45) is 0 Å². The number of piperidine rings is 1. The number of nitrogens with zero attached hydrogens (tertiary/aromatic N) is 2. The lowest BCUT2D eigenvalue weighted by molar-refractivity contribution is 0.0526. The number of hydrogen-bond donors (Lipinski definition) is 1. The van der Waals surface area contributed by atoms with Crippen LogP contribution in [0.1, 0.15) is 70.7 Å². The summed E-state index contributed by atoms with van der Waals surface area (Å²) in [4.78, 5) is 29.4. The fourth-order valence-electron chi connectivity index (χ4n) is 4.68. The standard InChI is InChI=1S/C25H33N3O5S2/c1-3-13-27-16-12-20-21(17-27)34-24(22(20)25(30)33-4-2)26-23(29)18-8-10-19(11-9-18)35(31,32)28-14-6-5-7-15-28/h8-11H,3-7,12-17H2,1-2H3,(H,26,29). The van der Waals surface area contributed by atoms with Crippen LogP contribution in [0.2, 0.25) is 0 Å². The Morgan fingerprint density at radius 1 is 1.06 bits per heavy atom. The quantitative estimate of drug-likeness (QED) is 0.527. The van der Waals surface area contributed by atoms with Gasteiger partial charge in [0.15, 0.2) is 0 Å². The first-order valence-electron chi connectivity index (χ1n) is 12.3. The molecule has 0 unspecified atom stereocenters. The number of sulfonamides is 1. The van der Waals surface area contributed by atoms with Crippen LogP contribution in [0.15, 0.2) is 29.2 Å². The summed E-state index contributed by atoms with van der Waals surface area (Å²) < 4.78 is 32.6. The molecule has 4 rings (SSSR count). The first kappa shape index (κ1) is 25.8. The topological polar surface area (TPSA) is 96.0 Å². The number of benzene rings is 1. The van der Waals surface area contributed by atoms with Gasteiger partial charge >= 0.3 is 5.97 Å². The first-order valence-corrected chi connectivity index (χ1v) is 14.6. The maximum atomic E-state index is 13.1. The van der Waals surface area contributed by atoms with E-state index in [9.17, 15) is 18.0 Å². The van der Waals surface area contributed by atoms with Crippen LogP contribution in [0.5, 0.6) is 0 Å². The third-order valence-electron chi connectivity index (χ3n) is 6.45. The third-order valence-corrected chi connectivity index (χ3v) is 9.50. The van der Waals surface area contributed by atoms with Crippen molar-refractivity contribution in [2.75, 3.05) is 38.1 Å². The minimum atomic E-state index is -3.56. The fraction of sp³-hybridized carbons (Fsp3) is 0.520. The van der Waals surface area contributed by atoms with Crippen molar-refractivity contribution in [1.82, 2.24) is 9.21 Å². The van der Waals surface area contributed by atoms with Crippen LogP contribution in [-0.4, -0.2) is 62.3 Å². The summed E-state index contributed by atoms with van der Waals surface area (Å²) in [6.07, 6.45) is 4.56. The predicted molar refractivity (Wildman–Crippen MR) is 137 cm³/mol. The van der Waals surface area contributed by atoms with Crippen molar-refractivity contribution >= 4 is 38.2 Å². The van der Waals surface area contributed by atoms with E-state index in [4.69, 9.17) is 4.74 Å². The van der Waals surface area contributed by atoms with Crippen molar-refractivity contribution in [1.29, 1.82) is 0 Å². The Bertz CT molecular complexity index is 1170. The molecule has 2 aromatic rings. The van der Waals surface area contributed by atoms with E-state index in [-0.39, 0.29) is 17.4 Å². The van der Waals surface area contributed by atoms with Gasteiger partial charge in [-0.15, -0.1) is 11.3 Å². The van der Waals surface area contributed by atoms with E-state index in [1.54, 1.807) is 6.92 Å². The monoisotopic (exact) mass is 519 g/mol. The highest BCUT2D eigenvalue weighted by atomic mass is 32.2. The zero-order valence-corrected chi connectivity index (χ0v) is 22.0. The summed E-state index contributed by atoms with van der Waals surface area (Å²) in [5, 5.41) is 3.38. The number of amides is 1. The van der Waals surface area contributed by atoms with E-state index >= 15 is 0 Å². The molecule has 2 aliphatic heterocycles. The molecule has 0 aliphatic carbocycles. The van der Waals surface area contributed by atoms with Crippen LogP contribution < -0.4 is 5.32 Å². The molecule has 3 heterocycles. The van der Waals surface area contributed by atoms with E-state index in [1.807, 2.05) is 0 Å². The summed E-state index contributed by atoms with van der Waals surface area (Å²) in [6, 6.07) is 6.00. The Morgan fingerprint density at radius 2 is 1.77 bits per heavy atom. The molecule has 1 fully saturated rings. The number of fused-ring (bicyclic) bond motifs is 1. The van der Waals surface area contributed by atoms with Gasteiger partial charge in [0.05, 0.1) is 17.1 Å². The Balaban J connectivity index is 1.55. The van der Waals surface area contributed by atoms with Crippen molar-refractivity contribution in [3.8, 4) is 0 Å². The minimum absolute atomic E-state index is 0.186. The molecule has 2 aliphatic rings. The smallest absolute Gasteiger partial charge is 0.341 e. The molecule has 0 radical (unpaired) electrons. The molecule has 1 N–H and O–H groups in total. The molecule has 0 saturated carbocycles. The van der Waals surface area contributed by atoms with Gasteiger partial charge in [-0.25, -0.2) is 13.2 Å². The molecule has 0 spiro atoms. The number of nitrogens with one attached hydrogen (secondary N) is 1. The Kier molecular flexibility index (Phi) is 8.26. The summed E-state index contributed by atoms with van der Waals surface area (Å²) in [7, 11) is -3.56. The molecule has 35 heavy (non-hydrogen) atoms. The van der Waals surface area contributed by atoms with Crippen molar-refractivity contribution in [2.45, 2.75) is 57.4 Å². The minimum Gasteiger partial charge on any atom is -0.462 e. The van der Waals surface area contributed by atoms with Gasteiger partial charge in [-0.3, -0.25) is 9.69 Å². The first-order chi connectivity index (χ1) is 16.8. The second-order valence-corrected chi connectivity index (χ2v) is 11.9. The SMILES string of the molecule is CCCN1CCc2c(sc(NC(=O)c3ccc(S(=O)(=O)N4CCCCC4)cc3)c2C(=O)OCC)C1. The lowest BCUT2D eigenvalue weighted by atomic mass is 10.0. The van der Waals surface area contributed by atoms with Gasteiger partial charge in [0.2, 0.25) is 10.0 Å². The van der Waals surface area contributed by atoms with Gasteiger partial charge < -0.3 is 10.1 Å². The molecule has 0 atom stereocenters.